The number of methoxy groups -OCH3 is 1. The van der Waals surface area contributed by atoms with Gasteiger partial charge in [-0.1, -0.05) is 12.1 Å². The molecule has 0 spiro atoms. The average Bonchev–Trinajstić information content (AvgIpc) is 2.18. The molecule has 0 aliphatic heterocycles. The second-order valence-electron chi connectivity index (χ2n) is 3.87. The SMILES string of the molecule is COc1cccc(CC(C)N(C)C)c1. The molecule has 1 unspecified atom stereocenters. The zero-order valence-corrected chi connectivity index (χ0v) is 9.45. The quantitative estimate of drug-likeness (QED) is 0.726. The molecule has 1 aromatic carbocycles. The van der Waals surface area contributed by atoms with Gasteiger partial charge >= 0.3 is 0 Å². The van der Waals surface area contributed by atoms with Crippen molar-refractivity contribution in [2.75, 3.05) is 21.2 Å². The van der Waals surface area contributed by atoms with E-state index in [1.165, 1.54) is 5.56 Å². The Balaban J connectivity index is 2.66. The Morgan fingerprint density at radius 1 is 1.36 bits per heavy atom. The normalized spacial score (nSPS) is 12.9. The van der Waals surface area contributed by atoms with E-state index in [0.29, 0.717) is 6.04 Å². The first-order valence-corrected chi connectivity index (χ1v) is 4.93. The summed E-state index contributed by atoms with van der Waals surface area (Å²) in [5, 5.41) is 0. The van der Waals surface area contributed by atoms with E-state index in [-0.39, 0.29) is 0 Å². The van der Waals surface area contributed by atoms with Gasteiger partial charge in [-0.2, -0.15) is 0 Å². The minimum absolute atomic E-state index is 0.558. The van der Waals surface area contributed by atoms with Gasteiger partial charge in [-0.25, -0.2) is 0 Å². The fraction of sp³-hybridized carbons (Fsp3) is 0.500. The van der Waals surface area contributed by atoms with Crippen LogP contribution in [0.25, 0.3) is 0 Å². The van der Waals surface area contributed by atoms with Crippen LogP contribution in [0.3, 0.4) is 0 Å². The number of hydrogen-bond donors (Lipinski definition) is 0. The molecule has 0 aromatic heterocycles. The molecule has 0 amide bonds. The molecule has 0 bridgehead atoms. The van der Waals surface area contributed by atoms with E-state index in [0.717, 1.165) is 12.2 Å². The highest BCUT2D eigenvalue weighted by molar-refractivity contribution is 5.28. The molecule has 0 saturated heterocycles. The third kappa shape index (κ3) is 3.04. The smallest absolute Gasteiger partial charge is 0.119 e. The summed E-state index contributed by atoms with van der Waals surface area (Å²) in [5.41, 5.74) is 1.32. The van der Waals surface area contributed by atoms with Crippen molar-refractivity contribution in [2.45, 2.75) is 19.4 Å². The summed E-state index contributed by atoms with van der Waals surface area (Å²) in [5.74, 6) is 0.938. The molecule has 0 fully saturated rings. The van der Waals surface area contributed by atoms with Gasteiger partial charge in [-0.3, -0.25) is 0 Å². The lowest BCUT2D eigenvalue weighted by atomic mass is 10.1. The molecule has 1 aromatic rings. The maximum absolute atomic E-state index is 5.18. The maximum Gasteiger partial charge on any atom is 0.119 e. The number of ether oxygens (including phenoxy) is 1. The highest BCUT2D eigenvalue weighted by Crippen LogP contribution is 2.14. The van der Waals surface area contributed by atoms with Crippen molar-refractivity contribution in [2.24, 2.45) is 0 Å². The molecule has 0 saturated carbocycles. The van der Waals surface area contributed by atoms with Gasteiger partial charge in [0.2, 0.25) is 0 Å². The van der Waals surface area contributed by atoms with Crippen molar-refractivity contribution >= 4 is 0 Å². The fourth-order valence-corrected chi connectivity index (χ4v) is 1.32. The molecular formula is C12H19NO. The number of benzene rings is 1. The summed E-state index contributed by atoms with van der Waals surface area (Å²) in [6.45, 7) is 2.22. The molecule has 0 aliphatic carbocycles. The van der Waals surface area contributed by atoms with Gasteiger partial charge in [0.05, 0.1) is 7.11 Å². The molecule has 78 valence electrons. The number of nitrogens with zero attached hydrogens (tertiary/aromatic N) is 1. The fourth-order valence-electron chi connectivity index (χ4n) is 1.32. The molecule has 14 heavy (non-hydrogen) atoms. The molecule has 0 heterocycles. The zero-order valence-electron chi connectivity index (χ0n) is 9.45. The van der Waals surface area contributed by atoms with Crippen LogP contribution in [0.2, 0.25) is 0 Å². The largest absolute Gasteiger partial charge is 0.497 e. The second-order valence-corrected chi connectivity index (χ2v) is 3.87. The Labute approximate surface area is 86.5 Å². The van der Waals surface area contributed by atoms with Crippen molar-refractivity contribution in [3.05, 3.63) is 29.8 Å². The zero-order chi connectivity index (χ0) is 10.6. The van der Waals surface area contributed by atoms with Crippen LogP contribution in [0.5, 0.6) is 5.75 Å². The van der Waals surface area contributed by atoms with Crippen LogP contribution in [0, 0.1) is 0 Å². The van der Waals surface area contributed by atoms with Crippen LogP contribution < -0.4 is 4.74 Å². The van der Waals surface area contributed by atoms with Gasteiger partial charge in [-0.15, -0.1) is 0 Å². The molecule has 0 radical (unpaired) electrons. The monoisotopic (exact) mass is 193 g/mol. The highest BCUT2D eigenvalue weighted by atomic mass is 16.5. The third-order valence-corrected chi connectivity index (χ3v) is 2.55. The maximum atomic E-state index is 5.18. The van der Waals surface area contributed by atoms with Gasteiger partial charge < -0.3 is 9.64 Å². The van der Waals surface area contributed by atoms with Crippen LogP contribution >= 0.6 is 0 Å². The molecule has 0 aliphatic rings. The van der Waals surface area contributed by atoms with Gasteiger partial charge in [0, 0.05) is 6.04 Å². The first-order valence-electron chi connectivity index (χ1n) is 4.93. The van der Waals surface area contributed by atoms with Gasteiger partial charge in [0.1, 0.15) is 5.75 Å². The van der Waals surface area contributed by atoms with Crippen molar-refractivity contribution < 1.29 is 4.74 Å². The van der Waals surface area contributed by atoms with E-state index in [4.69, 9.17) is 4.74 Å². The lowest BCUT2D eigenvalue weighted by Crippen LogP contribution is -2.26. The molecule has 0 N–H and O–H groups in total. The van der Waals surface area contributed by atoms with Crippen molar-refractivity contribution in [3.8, 4) is 5.75 Å². The van der Waals surface area contributed by atoms with E-state index < -0.39 is 0 Å². The first kappa shape index (κ1) is 11.1. The van der Waals surface area contributed by atoms with Crippen molar-refractivity contribution in [1.82, 2.24) is 4.90 Å². The first-order chi connectivity index (χ1) is 6.63. The summed E-state index contributed by atoms with van der Waals surface area (Å²) in [6.07, 6.45) is 1.06. The van der Waals surface area contributed by atoms with Crippen LogP contribution in [0.1, 0.15) is 12.5 Å². The Hall–Kier alpha value is -1.02. The molecule has 1 atom stereocenters. The van der Waals surface area contributed by atoms with E-state index in [1.807, 2.05) is 12.1 Å². The topological polar surface area (TPSA) is 12.5 Å². The third-order valence-electron chi connectivity index (χ3n) is 2.55. The highest BCUT2D eigenvalue weighted by Gasteiger charge is 2.05. The number of hydrogen-bond acceptors (Lipinski definition) is 2. The van der Waals surface area contributed by atoms with Crippen LogP contribution in [0.4, 0.5) is 0 Å². The molecular weight excluding hydrogens is 174 g/mol. The average molecular weight is 193 g/mol. The minimum atomic E-state index is 0.558. The second kappa shape index (κ2) is 5.01. The predicted molar refractivity (Wildman–Crippen MR) is 59.8 cm³/mol. The van der Waals surface area contributed by atoms with E-state index in [2.05, 4.69) is 38.1 Å². The Kier molecular flexibility index (Phi) is 3.96. The van der Waals surface area contributed by atoms with Gasteiger partial charge in [-0.05, 0) is 45.1 Å². The Morgan fingerprint density at radius 3 is 2.64 bits per heavy atom. The molecule has 2 nitrogen and oxygen atoms in total. The molecule has 1 rings (SSSR count). The van der Waals surface area contributed by atoms with Crippen molar-refractivity contribution in [3.63, 3.8) is 0 Å². The number of rotatable bonds is 4. The van der Waals surface area contributed by atoms with E-state index in [1.54, 1.807) is 7.11 Å². The standard InChI is InChI=1S/C12H19NO/c1-10(13(2)3)8-11-6-5-7-12(9-11)14-4/h5-7,9-10H,8H2,1-4H3. The van der Waals surface area contributed by atoms with E-state index in [9.17, 15) is 0 Å². The van der Waals surface area contributed by atoms with Crippen molar-refractivity contribution in [1.29, 1.82) is 0 Å². The lowest BCUT2D eigenvalue weighted by molar-refractivity contribution is 0.312. The van der Waals surface area contributed by atoms with E-state index >= 15 is 0 Å². The van der Waals surface area contributed by atoms with Gasteiger partial charge in [0.25, 0.3) is 0 Å². The number of likely N-dealkylation sites (N-methyl/N-ethyl adjacent to an activating group) is 1. The Bertz CT molecular complexity index is 283. The minimum Gasteiger partial charge on any atom is -0.497 e. The predicted octanol–water partition coefficient (Wildman–Crippen LogP) is 2.19. The summed E-state index contributed by atoms with van der Waals surface area (Å²) in [7, 11) is 5.91. The van der Waals surface area contributed by atoms with Crippen LogP contribution in [-0.4, -0.2) is 32.1 Å². The Morgan fingerprint density at radius 2 is 2.07 bits per heavy atom. The summed E-state index contributed by atoms with van der Waals surface area (Å²) in [6, 6.07) is 8.81. The summed E-state index contributed by atoms with van der Waals surface area (Å²) in [4.78, 5) is 2.22. The van der Waals surface area contributed by atoms with Crippen LogP contribution in [0.15, 0.2) is 24.3 Å². The summed E-state index contributed by atoms with van der Waals surface area (Å²) < 4.78 is 5.18. The van der Waals surface area contributed by atoms with Gasteiger partial charge in [0.15, 0.2) is 0 Å². The molecule has 2 heteroatoms. The summed E-state index contributed by atoms with van der Waals surface area (Å²) >= 11 is 0. The van der Waals surface area contributed by atoms with Crippen LogP contribution in [-0.2, 0) is 6.42 Å². The lowest BCUT2D eigenvalue weighted by Gasteiger charge is -2.19.